The Labute approximate surface area is 116 Å². The molecule has 0 radical (unpaired) electrons. The minimum absolute atomic E-state index is 0.0733. The van der Waals surface area contributed by atoms with E-state index in [1.165, 1.54) is 12.0 Å². The minimum atomic E-state index is -3.29. The van der Waals surface area contributed by atoms with E-state index in [9.17, 15) is 22.8 Å². The Bertz CT molecular complexity index is 523. The van der Waals surface area contributed by atoms with Crippen LogP contribution in [0.1, 0.15) is 0 Å². The lowest BCUT2D eigenvalue weighted by atomic mass is 10.4. The monoisotopic (exact) mass is 305 g/mol. The van der Waals surface area contributed by atoms with Gasteiger partial charge in [0.05, 0.1) is 19.4 Å². The molecule has 0 spiro atoms. The van der Waals surface area contributed by atoms with E-state index >= 15 is 0 Å². The number of esters is 2. The Morgan fingerprint density at radius 2 is 1.95 bits per heavy atom. The van der Waals surface area contributed by atoms with Crippen molar-refractivity contribution in [3.8, 4) is 0 Å². The predicted octanol–water partition coefficient (Wildman–Crippen LogP) is -1.48. The molecule has 9 heteroatoms. The molecule has 0 atom stereocenters. The van der Waals surface area contributed by atoms with Crippen LogP contribution in [0.4, 0.5) is 0 Å². The first-order valence-electron chi connectivity index (χ1n) is 5.75. The summed E-state index contributed by atoms with van der Waals surface area (Å²) < 4.78 is 31.4. The Hall–Kier alpha value is -1.90. The third-order valence-electron chi connectivity index (χ3n) is 2.53. The fourth-order valence-corrected chi connectivity index (χ4v) is 2.67. The van der Waals surface area contributed by atoms with E-state index in [4.69, 9.17) is 4.74 Å². The fraction of sp³-hybridized carbons (Fsp3) is 0.545. The molecule has 0 aliphatic carbocycles. The number of sulfone groups is 1. The van der Waals surface area contributed by atoms with Crippen molar-refractivity contribution in [3.63, 3.8) is 0 Å². The molecule has 1 aliphatic rings. The van der Waals surface area contributed by atoms with Crippen LogP contribution in [-0.2, 0) is 33.7 Å². The maximum atomic E-state index is 11.5. The summed E-state index contributed by atoms with van der Waals surface area (Å²) in [5, 5.41) is 0. The van der Waals surface area contributed by atoms with Crippen LogP contribution in [0.5, 0.6) is 0 Å². The number of nitrogens with zero attached hydrogens (tertiary/aromatic N) is 1. The Balaban J connectivity index is 2.31. The highest BCUT2D eigenvalue weighted by atomic mass is 32.2. The summed E-state index contributed by atoms with van der Waals surface area (Å²) >= 11 is 0. The molecule has 0 aromatic rings. The van der Waals surface area contributed by atoms with Gasteiger partial charge in [0.15, 0.2) is 9.84 Å². The Morgan fingerprint density at radius 1 is 1.30 bits per heavy atom. The number of carbonyl (C=O) groups is 3. The van der Waals surface area contributed by atoms with Crippen molar-refractivity contribution < 1.29 is 32.3 Å². The molecular formula is C11H15NO7S. The maximum Gasteiger partial charge on any atom is 0.331 e. The molecule has 0 aromatic carbocycles. The van der Waals surface area contributed by atoms with Crippen molar-refractivity contribution >= 4 is 27.7 Å². The summed E-state index contributed by atoms with van der Waals surface area (Å²) in [6.45, 7) is 0.138. The number of hydrogen-bond acceptors (Lipinski definition) is 7. The number of carbonyl (C=O) groups excluding carboxylic acids is 3. The van der Waals surface area contributed by atoms with Crippen LogP contribution >= 0.6 is 0 Å². The Morgan fingerprint density at radius 3 is 2.55 bits per heavy atom. The first-order valence-corrected chi connectivity index (χ1v) is 7.57. The number of ether oxygens (including phenoxy) is 2. The molecule has 0 saturated carbocycles. The summed E-state index contributed by atoms with van der Waals surface area (Å²) in [6.07, 6.45) is 1.83. The van der Waals surface area contributed by atoms with Gasteiger partial charge in [0.1, 0.15) is 12.4 Å². The van der Waals surface area contributed by atoms with Crippen molar-refractivity contribution in [2.24, 2.45) is 0 Å². The number of rotatable bonds is 5. The third kappa shape index (κ3) is 5.39. The molecule has 112 valence electrons. The topological polar surface area (TPSA) is 107 Å². The van der Waals surface area contributed by atoms with Crippen LogP contribution in [-0.4, -0.2) is 69.5 Å². The van der Waals surface area contributed by atoms with Gasteiger partial charge in [-0.15, -0.1) is 0 Å². The van der Waals surface area contributed by atoms with Crippen molar-refractivity contribution in [3.05, 3.63) is 12.2 Å². The zero-order chi connectivity index (χ0) is 15.2. The largest absolute Gasteiger partial charge is 0.466 e. The third-order valence-corrected chi connectivity index (χ3v) is 4.02. The summed E-state index contributed by atoms with van der Waals surface area (Å²) in [5.41, 5.74) is 0. The van der Waals surface area contributed by atoms with Crippen molar-refractivity contribution in [2.75, 3.05) is 38.3 Å². The van der Waals surface area contributed by atoms with Gasteiger partial charge in [-0.3, -0.25) is 4.79 Å². The molecule has 0 aromatic heterocycles. The SMILES string of the molecule is COC(=O)C=CC(=O)OCCN1CCS(=O)(=O)CC1=O. The van der Waals surface area contributed by atoms with Crippen molar-refractivity contribution in [1.29, 1.82) is 0 Å². The van der Waals surface area contributed by atoms with E-state index < -0.39 is 33.4 Å². The molecule has 1 aliphatic heterocycles. The van der Waals surface area contributed by atoms with Crippen LogP contribution in [0.15, 0.2) is 12.2 Å². The molecular weight excluding hydrogens is 290 g/mol. The lowest BCUT2D eigenvalue weighted by molar-refractivity contribution is -0.141. The van der Waals surface area contributed by atoms with E-state index in [0.717, 1.165) is 12.2 Å². The number of methoxy groups -OCH3 is 1. The number of hydrogen-bond donors (Lipinski definition) is 0. The second kappa shape index (κ2) is 7.04. The molecule has 0 N–H and O–H groups in total. The molecule has 8 nitrogen and oxygen atoms in total. The molecule has 0 bridgehead atoms. The standard InChI is InChI=1S/C11H15NO7S/c1-18-10(14)2-3-11(15)19-6-4-12-5-7-20(16,17)8-9(12)13/h2-3H,4-8H2,1H3. The summed E-state index contributed by atoms with van der Waals surface area (Å²) in [4.78, 5) is 34.7. The first kappa shape index (κ1) is 16.2. The van der Waals surface area contributed by atoms with Crippen molar-refractivity contribution in [2.45, 2.75) is 0 Å². The fourth-order valence-electron chi connectivity index (χ4n) is 1.47. The van der Waals surface area contributed by atoms with Crippen LogP contribution in [0, 0.1) is 0 Å². The highest BCUT2D eigenvalue weighted by Crippen LogP contribution is 2.04. The van der Waals surface area contributed by atoms with Gasteiger partial charge in [0.25, 0.3) is 0 Å². The maximum absolute atomic E-state index is 11.5. The number of amides is 1. The van der Waals surface area contributed by atoms with E-state index in [-0.39, 0.29) is 25.4 Å². The quantitative estimate of drug-likeness (QED) is 0.450. The van der Waals surface area contributed by atoms with Gasteiger partial charge in [-0.25, -0.2) is 18.0 Å². The first-order chi connectivity index (χ1) is 9.34. The zero-order valence-corrected chi connectivity index (χ0v) is 11.7. The van der Waals surface area contributed by atoms with Gasteiger partial charge in [0.2, 0.25) is 5.91 Å². The lowest BCUT2D eigenvalue weighted by Gasteiger charge is -2.26. The van der Waals surface area contributed by atoms with Gasteiger partial charge >= 0.3 is 11.9 Å². The lowest BCUT2D eigenvalue weighted by Crippen LogP contribution is -2.46. The normalized spacial score (nSPS) is 18.1. The molecule has 1 fully saturated rings. The van der Waals surface area contributed by atoms with Gasteiger partial charge in [-0.05, 0) is 0 Å². The average Bonchev–Trinajstić information content (AvgIpc) is 2.37. The van der Waals surface area contributed by atoms with Gasteiger partial charge in [-0.1, -0.05) is 0 Å². The predicted molar refractivity (Wildman–Crippen MR) is 67.3 cm³/mol. The molecule has 1 rings (SSSR count). The minimum Gasteiger partial charge on any atom is -0.466 e. The summed E-state index contributed by atoms with van der Waals surface area (Å²) in [5.74, 6) is -2.53. The molecule has 1 saturated heterocycles. The van der Waals surface area contributed by atoms with E-state index in [2.05, 4.69) is 4.74 Å². The molecule has 1 heterocycles. The highest BCUT2D eigenvalue weighted by Gasteiger charge is 2.28. The zero-order valence-electron chi connectivity index (χ0n) is 10.9. The van der Waals surface area contributed by atoms with Gasteiger partial charge in [0, 0.05) is 18.7 Å². The Kier molecular flexibility index (Phi) is 5.68. The molecule has 20 heavy (non-hydrogen) atoms. The van der Waals surface area contributed by atoms with E-state index in [0.29, 0.717) is 0 Å². The van der Waals surface area contributed by atoms with Crippen LogP contribution in [0.3, 0.4) is 0 Å². The summed E-state index contributed by atoms with van der Waals surface area (Å²) in [7, 11) is -2.11. The van der Waals surface area contributed by atoms with Crippen LogP contribution in [0.2, 0.25) is 0 Å². The highest BCUT2D eigenvalue weighted by molar-refractivity contribution is 7.92. The van der Waals surface area contributed by atoms with Crippen LogP contribution < -0.4 is 0 Å². The van der Waals surface area contributed by atoms with Crippen molar-refractivity contribution in [1.82, 2.24) is 4.90 Å². The van der Waals surface area contributed by atoms with Gasteiger partial charge < -0.3 is 14.4 Å². The second-order valence-corrected chi connectivity index (χ2v) is 6.18. The van der Waals surface area contributed by atoms with E-state index in [1.54, 1.807) is 0 Å². The summed E-state index contributed by atoms with van der Waals surface area (Å²) in [6, 6.07) is 0. The molecule has 1 amide bonds. The smallest absolute Gasteiger partial charge is 0.331 e. The average molecular weight is 305 g/mol. The van der Waals surface area contributed by atoms with Gasteiger partial charge in [-0.2, -0.15) is 0 Å². The van der Waals surface area contributed by atoms with E-state index in [1.807, 2.05) is 0 Å². The van der Waals surface area contributed by atoms with Crippen LogP contribution in [0.25, 0.3) is 0 Å². The second-order valence-electron chi connectivity index (χ2n) is 4.00. The molecule has 0 unspecified atom stereocenters.